The van der Waals surface area contributed by atoms with E-state index in [-0.39, 0.29) is 12.5 Å². The number of oxazole rings is 1. The van der Waals surface area contributed by atoms with Crippen molar-refractivity contribution in [3.8, 4) is 0 Å². The fourth-order valence-corrected chi connectivity index (χ4v) is 3.09. The molecule has 0 bridgehead atoms. The Morgan fingerprint density at radius 3 is 2.52 bits per heavy atom. The second kappa shape index (κ2) is 5.87. The Bertz CT molecular complexity index is 696. The van der Waals surface area contributed by atoms with Gasteiger partial charge in [0.15, 0.2) is 0 Å². The van der Waals surface area contributed by atoms with Crippen LogP contribution in [-0.2, 0) is 19.6 Å². The summed E-state index contributed by atoms with van der Waals surface area (Å²) in [5, 5.41) is 10.7. The first kappa shape index (κ1) is 14.7. The monoisotopic (exact) mass is 327 g/mol. The van der Waals surface area contributed by atoms with Crippen LogP contribution in [0.2, 0.25) is 10.0 Å². The molecule has 2 aromatic rings. The van der Waals surface area contributed by atoms with Crippen LogP contribution in [-0.4, -0.2) is 9.67 Å². The molecule has 3 rings (SSSR count). The Kier molecular flexibility index (Phi) is 4.11. The zero-order valence-electron chi connectivity index (χ0n) is 11.3. The molecule has 0 atom stereocenters. The van der Waals surface area contributed by atoms with Crippen molar-refractivity contribution in [1.29, 1.82) is 0 Å². The molecule has 1 N–H and O–H groups in total. The molecule has 112 valence electrons. The number of hydrogen-bond donors (Lipinski definition) is 1. The first-order valence-corrected chi connectivity index (χ1v) is 7.63. The van der Waals surface area contributed by atoms with Gasteiger partial charge in [-0.05, 0) is 37.0 Å². The van der Waals surface area contributed by atoms with Crippen molar-refractivity contribution in [2.75, 3.05) is 0 Å². The number of rotatable bonds is 5. The van der Waals surface area contributed by atoms with Crippen LogP contribution in [0.4, 0.5) is 0 Å². The van der Waals surface area contributed by atoms with E-state index >= 15 is 0 Å². The Hall–Kier alpha value is -1.23. The van der Waals surface area contributed by atoms with Gasteiger partial charge in [-0.15, -0.1) is 0 Å². The highest BCUT2D eigenvalue weighted by Gasteiger charge is 2.32. The molecule has 6 heteroatoms. The van der Waals surface area contributed by atoms with Crippen LogP contribution in [0.25, 0.3) is 0 Å². The Labute approximate surface area is 131 Å². The average molecular weight is 328 g/mol. The lowest BCUT2D eigenvalue weighted by Crippen LogP contribution is -2.18. The maximum atomic E-state index is 12.0. The summed E-state index contributed by atoms with van der Waals surface area (Å²) >= 11 is 12.3. The molecule has 21 heavy (non-hydrogen) atoms. The van der Waals surface area contributed by atoms with Gasteiger partial charge in [-0.3, -0.25) is 4.57 Å². The van der Waals surface area contributed by atoms with Crippen LogP contribution in [0.15, 0.2) is 27.4 Å². The van der Waals surface area contributed by atoms with E-state index in [0.717, 1.165) is 18.4 Å². The first-order chi connectivity index (χ1) is 10.1. The predicted octanol–water partition coefficient (Wildman–Crippen LogP) is 3.36. The van der Waals surface area contributed by atoms with E-state index in [4.69, 9.17) is 27.6 Å². The van der Waals surface area contributed by atoms with Gasteiger partial charge in [-0.1, -0.05) is 29.3 Å². The molecule has 1 aromatic heterocycles. The van der Waals surface area contributed by atoms with Gasteiger partial charge in [0.2, 0.25) is 0 Å². The van der Waals surface area contributed by atoms with Crippen LogP contribution in [0, 0.1) is 0 Å². The van der Waals surface area contributed by atoms with E-state index < -0.39 is 5.76 Å². The lowest BCUT2D eigenvalue weighted by molar-refractivity contribution is 0.268. The van der Waals surface area contributed by atoms with Gasteiger partial charge in [0.05, 0.1) is 12.3 Å². The molecule has 0 amide bonds. The SMILES string of the molecule is O=c1oc(C2CC2)c(CO)n1CCc1c(Cl)cccc1Cl. The lowest BCUT2D eigenvalue weighted by atomic mass is 10.1. The molecule has 1 aromatic carbocycles. The van der Waals surface area contributed by atoms with E-state index in [2.05, 4.69) is 0 Å². The highest BCUT2D eigenvalue weighted by atomic mass is 35.5. The summed E-state index contributed by atoms with van der Waals surface area (Å²) in [6.07, 6.45) is 2.53. The van der Waals surface area contributed by atoms with Crippen LogP contribution < -0.4 is 5.76 Å². The molecule has 0 radical (unpaired) electrons. The van der Waals surface area contributed by atoms with Crippen LogP contribution >= 0.6 is 23.2 Å². The minimum Gasteiger partial charge on any atom is -0.412 e. The summed E-state index contributed by atoms with van der Waals surface area (Å²) in [6, 6.07) is 5.32. The van der Waals surface area contributed by atoms with E-state index in [1.165, 1.54) is 4.57 Å². The standard InChI is InChI=1S/C15H15Cl2NO3/c16-11-2-1-3-12(17)10(11)6-7-18-13(8-19)14(9-4-5-9)21-15(18)20/h1-3,9,19H,4-8H2. The van der Waals surface area contributed by atoms with Crippen molar-refractivity contribution in [3.05, 3.63) is 55.8 Å². The van der Waals surface area contributed by atoms with Crippen molar-refractivity contribution < 1.29 is 9.52 Å². The minimum atomic E-state index is -0.427. The van der Waals surface area contributed by atoms with Crippen LogP contribution in [0.5, 0.6) is 0 Å². The molecule has 1 aliphatic carbocycles. The van der Waals surface area contributed by atoms with Crippen molar-refractivity contribution in [1.82, 2.24) is 4.57 Å². The van der Waals surface area contributed by atoms with Gasteiger partial charge in [0.25, 0.3) is 0 Å². The molecule has 1 aliphatic rings. The molecular formula is C15H15Cl2NO3. The smallest absolute Gasteiger partial charge is 0.412 e. The van der Waals surface area contributed by atoms with Crippen molar-refractivity contribution in [3.63, 3.8) is 0 Å². The second-order valence-electron chi connectivity index (χ2n) is 5.21. The number of nitrogens with zero attached hydrogens (tertiary/aromatic N) is 1. The highest BCUT2D eigenvalue weighted by molar-refractivity contribution is 6.35. The van der Waals surface area contributed by atoms with E-state index in [9.17, 15) is 9.90 Å². The number of benzene rings is 1. The van der Waals surface area contributed by atoms with Gasteiger partial charge >= 0.3 is 5.76 Å². The molecule has 0 unspecified atom stereocenters. The Morgan fingerprint density at radius 1 is 1.29 bits per heavy atom. The summed E-state index contributed by atoms with van der Waals surface area (Å²) in [4.78, 5) is 12.0. The average Bonchev–Trinajstić information content (AvgIpc) is 3.24. The third-order valence-corrected chi connectivity index (χ3v) is 4.48. The quantitative estimate of drug-likeness (QED) is 0.916. The molecule has 1 saturated carbocycles. The maximum absolute atomic E-state index is 12.0. The second-order valence-corrected chi connectivity index (χ2v) is 6.03. The summed E-state index contributed by atoms with van der Waals surface area (Å²) in [5.74, 6) is 0.488. The maximum Gasteiger partial charge on any atom is 0.419 e. The summed E-state index contributed by atoms with van der Waals surface area (Å²) in [5.41, 5.74) is 1.37. The third-order valence-electron chi connectivity index (χ3n) is 3.77. The first-order valence-electron chi connectivity index (χ1n) is 6.88. The van der Waals surface area contributed by atoms with Crippen molar-refractivity contribution in [2.24, 2.45) is 0 Å². The van der Waals surface area contributed by atoms with Gasteiger partial charge in [-0.2, -0.15) is 0 Å². The fourth-order valence-electron chi connectivity index (χ4n) is 2.50. The number of aliphatic hydroxyl groups is 1. The number of aromatic nitrogens is 1. The van der Waals surface area contributed by atoms with Crippen LogP contribution in [0.1, 0.15) is 35.8 Å². The molecule has 0 aliphatic heterocycles. The van der Waals surface area contributed by atoms with E-state index in [1.807, 2.05) is 0 Å². The summed E-state index contributed by atoms with van der Waals surface area (Å²) < 4.78 is 6.77. The Morgan fingerprint density at radius 2 is 1.95 bits per heavy atom. The lowest BCUT2D eigenvalue weighted by Gasteiger charge is -2.08. The molecule has 0 spiro atoms. The molecule has 0 saturated heterocycles. The van der Waals surface area contributed by atoms with Crippen molar-refractivity contribution in [2.45, 2.75) is 38.3 Å². The van der Waals surface area contributed by atoms with Gasteiger partial charge in [-0.25, -0.2) is 4.79 Å². The van der Waals surface area contributed by atoms with Gasteiger partial charge in [0, 0.05) is 22.5 Å². The van der Waals surface area contributed by atoms with E-state index in [1.54, 1.807) is 18.2 Å². The normalized spacial score (nSPS) is 14.6. The molecule has 1 fully saturated rings. The fraction of sp³-hybridized carbons (Fsp3) is 0.400. The van der Waals surface area contributed by atoms with Gasteiger partial charge in [0.1, 0.15) is 5.76 Å². The highest BCUT2D eigenvalue weighted by Crippen LogP contribution is 2.41. The number of hydrogen-bond acceptors (Lipinski definition) is 3. The summed E-state index contributed by atoms with van der Waals surface area (Å²) in [7, 11) is 0. The van der Waals surface area contributed by atoms with Crippen molar-refractivity contribution >= 4 is 23.2 Å². The topological polar surface area (TPSA) is 55.4 Å². The van der Waals surface area contributed by atoms with Crippen LogP contribution in [0.3, 0.4) is 0 Å². The predicted molar refractivity (Wildman–Crippen MR) is 81.0 cm³/mol. The minimum absolute atomic E-state index is 0.201. The third kappa shape index (κ3) is 2.89. The Balaban J connectivity index is 1.87. The largest absolute Gasteiger partial charge is 0.419 e. The van der Waals surface area contributed by atoms with E-state index in [0.29, 0.717) is 34.5 Å². The zero-order chi connectivity index (χ0) is 15.0. The molecular weight excluding hydrogens is 313 g/mol. The molecule has 4 nitrogen and oxygen atoms in total. The zero-order valence-corrected chi connectivity index (χ0v) is 12.8. The van der Waals surface area contributed by atoms with Gasteiger partial charge < -0.3 is 9.52 Å². The number of aliphatic hydroxyl groups excluding tert-OH is 1. The number of halogens is 2. The molecule has 1 heterocycles. The summed E-state index contributed by atoms with van der Waals surface area (Å²) in [6.45, 7) is 0.183.